The Hall–Kier alpha value is -1.10. The third kappa shape index (κ3) is 3.07. The molecule has 0 aromatic heterocycles. The quantitative estimate of drug-likeness (QED) is 0.909. The molecule has 21 heavy (non-hydrogen) atoms. The predicted octanol–water partition coefficient (Wildman–Crippen LogP) is 1.98. The number of halogens is 1. The molecule has 2 aliphatic rings. The first-order valence-corrected chi connectivity index (χ1v) is 7.93. The summed E-state index contributed by atoms with van der Waals surface area (Å²) in [6.45, 7) is 2.74. The predicted molar refractivity (Wildman–Crippen MR) is 82.1 cm³/mol. The summed E-state index contributed by atoms with van der Waals surface area (Å²) in [6, 6.07) is 5.48. The van der Waals surface area contributed by atoms with E-state index in [9.17, 15) is 4.79 Å². The van der Waals surface area contributed by atoms with Gasteiger partial charge in [-0.25, -0.2) is 0 Å². The fourth-order valence-corrected chi connectivity index (χ4v) is 3.53. The highest BCUT2D eigenvalue weighted by Gasteiger charge is 2.31. The van der Waals surface area contributed by atoms with Crippen molar-refractivity contribution in [2.75, 3.05) is 19.8 Å². The first kappa shape index (κ1) is 14.8. The van der Waals surface area contributed by atoms with Crippen molar-refractivity contribution >= 4 is 17.5 Å². The number of hydrogen-bond acceptors (Lipinski definition) is 3. The Morgan fingerprint density at radius 3 is 2.90 bits per heavy atom. The van der Waals surface area contributed by atoms with E-state index >= 15 is 0 Å². The number of nitrogens with two attached hydrogens (primary N) is 1. The number of benzene rings is 1. The van der Waals surface area contributed by atoms with Crippen molar-refractivity contribution in [2.45, 2.75) is 31.8 Å². The van der Waals surface area contributed by atoms with Crippen LogP contribution in [-0.4, -0.2) is 36.6 Å². The Balaban J connectivity index is 1.69. The van der Waals surface area contributed by atoms with Gasteiger partial charge in [-0.2, -0.15) is 0 Å². The number of carbonyl (C=O) groups is 1. The first-order valence-electron chi connectivity index (χ1n) is 7.55. The van der Waals surface area contributed by atoms with Crippen LogP contribution in [-0.2, 0) is 22.5 Å². The molecule has 2 aliphatic heterocycles. The molecule has 0 aliphatic carbocycles. The Morgan fingerprint density at radius 1 is 1.38 bits per heavy atom. The van der Waals surface area contributed by atoms with Crippen molar-refractivity contribution in [3.05, 3.63) is 34.3 Å². The van der Waals surface area contributed by atoms with E-state index in [-0.39, 0.29) is 11.8 Å². The Labute approximate surface area is 130 Å². The highest BCUT2D eigenvalue weighted by molar-refractivity contribution is 6.31. The molecule has 1 aromatic carbocycles. The highest BCUT2D eigenvalue weighted by Crippen LogP contribution is 2.27. The van der Waals surface area contributed by atoms with Crippen LogP contribution >= 0.6 is 11.6 Å². The molecule has 2 heterocycles. The van der Waals surface area contributed by atoms with Gasteiger partial charge in [0.2, 0.25) is 5.91 Å². The summed E-state index contributed by atoms with van der Waals surface area (Å²) in [5.74, 6) is 0.305. The molecule has 3 rings (SSSR count). The third-order valence-electron chi connectivity index (χ3n) is 4.58. The largest absolute Gasteiger partial charge is 0.381 e. The maximum Gasteiger partial charge on any atom is 0.240 e. The molecule has 0 saturated carbocycles. The van der Waals surface area contributed by atoms with Crippen LogP contribution in [0.2, 0.25) is 5.02 Å². The van der Waals surface area contributed by atoms with Crippen LogP contribution in [0.1, 0.15) is 24.0 Å². The average Bonchev–Trinajstić information content (AvgIpc) is 2.54. The van der Waals surface area contributed by atoms with Gasteiger partial charge >= 0.3 is 0 Å². The summed E-state index contributed by atoms with van der Waals surface area (Å²) in [7, 11) is 0. The smallest absolute Gasteiger partial charge is 0.240 e. The minimum atomic E-state index is -0.408. The molecule has 114 valence electrons. The Kier molecular flexibility index (Phi) is 4.48. The molecule has 1 saturated heterocycles. The molecular formula is C16H21ClN2O2. The van der Waals surface area contributed by atoms with E-state index in [0.29, 0.717) is 26.3 Å². The normalized spacial score (nSPS) is 21.0. The van der Waals surface area contributed by atoms with E-state index in [2.05, 4.69) is 0 Å². The van der Waals surface area contributed by atoms with Crippen molar-refractivity contribution in [3.8, 4) is 0 Å². The Morgan fingerprint density at radius 2 is 2.14 bits per heavy atom. The van der Waals surface area contributed by atoms with Gasteiger partial charge in [-0.15, -0.1) is 0 Å². The number of fused-ring (bicyclic) bond motifs is 1. The zero-order valence-electron chi connectivity index (χ0n) is 12.1. The second-order valence-electron chi connectivity index (χ2n) is 5.86. The van der Waals surface area contributed by atoms with E-state index in [1.54, 1.807) is 0 Å². The standard InChI is InChI=1S/C16H21ClN2O2/c17-14-3-1-2-12-10-19(7-4-13(12)14)16(20)15(18)11-5-8-21-9-6-11/h1-3,11,15H,4-10,18H2. The third-order valence-corrected chi connectivity index (χ3v) is 4.93. The Bertz CT molecular complexity index is 529. The van der Waals surface area contributed by atoms with E-state index in [1.165, 1.54) is 5.56 Å². The number of nitrogens with zero attached hydrogens (tertiary/aromatic N) is 1. The lowest BCUT2D eigenvalue weighted by molar-refractivity contribution is -0.135. The number of carbonyl (C=O) groups excluding carboxylic acids is 1. The van der Waals surface area contributed by atoms with Crippen LogP contribution in [0.4, 0.5) is 0 Å². The van der Waals surface area contributed by atoms with Gasteiger partial charge < -0.3 is 15.4 Å². The van der Waals surface area contributed by atoms with Gasteiger partial charge in [-0.1, -0.05) is 23.7 Å². The lowest BCUT2D eigenvalue weighted by Crippen LogP contribution is -2.50. The molecule has 1 aromatic rings. The summed E-state index contributed by atoms with van der Waals surface area (Å²) < 4.78 is 5.34. The molecule has 0 bridgehead atoms. The van der Waals surface area contributed by atoms with Gasteiger partial charge in [0.05, 0.1) is 6.04 Å². The number of rotatable bonds is 2. The topological polar surface area (TPSA) is 55.6 Å². The summed E-state index contributed by atoms with van der Waals surface area (Å²) in [4.78, 5) is 14.5. The van der Waals surface area contributed by atoms with Gasteiger partial charge in [-0.3, -0.25) is 4.79 Å². The second kappa shape index (κ2) is 6.34. The molecule has 1 unspecified atom stereocenters. The van der Waals surface area contributed by atoms with Gasteiger partial charge in [0.15, 0.2) is 0 Å². The van der Waals surface area contributed by atoms with Crippen LogP contribution in [0.3, 0.4) is 0 Å². The van der Waals surface area contributed by atoms with Crippen LogP contribution in [0.15, 0.2) is 18.2 Å². The second-order valence-corrected chi connectivity index (χ2v) is 6.27. The minimum absolute atomic E-state index is 0.0625. The summed E-state index contributed by atoms with van der Waals surface area (Å²) in [5, 5.41) is 0.799. The van der Waals surface area contributed by atoms with Crippen LogP contribution < -0.4 is 5.73 Å². The SMILES string of the molecule is NC(C(=O)N1CCc2c(Cl)cccc2C1)C1CCOCC1. The van der Waals surface area contributed by atoms with Crippen molar-refractivity contribution in [1.29, 1.82) is 0 Å². The number of ether oxygens (including phenoxy) is 1. The molecule has 2 N–H and O–H groups in total. The summed E-state index contributed by atoms with van der Waals surface area (Å²) in [5.41, 5.74) is 8.51. The van der Waals surface area contributed by atoms with Crippen molar-refractivity contribution in [2.24, 2.45) is 11.7 Å². The van der Waals surface area contributed by atoms with E-state index in [0.717, 1.165) is 29.8 Å². The lowest BCUT2D eigenvalue weighted by atomic mass is 9.90. The molecule has 1 atom stereocenters. The lowest BCUT2D eigenvalue weighted by Gasteiger charge is -2.34. The molecule has 4 nitrogen and oxygen atoms in total. The van der Waals surface area contributed by atoms with Crippen LogP contribution in [0.25, 0.3) is 0 Å². The maximum absolute atomic E-state index is 12.6. The zero-order chi connectivity index (χ0) is 14.8. The molecule has 0 spiro atoms. The molecule has 1 amide bonds. The number of hydrogen-bond donors (Lipinski definition) is 1. The molecule has 0 radical (unpaired) electrons. The fourth-order valence-electron chi connectivity index (χ4n) is 3.24. The highest BCUT2D eigenvalue weighted by atomic mass is 35.5. The zero-order valence-corrected chi connectivity index (χ0v) is 12.8. The maximum atomic E-state index is 12.6. The van der Waals surface area contributed by atoms with E-state index in [1.807, 2.05) is 23.1 Å². The van der Waals surface area contributed by atoms with Gasteiger partial charge in [0.25, 0.3) is 0 Å². The van der Waals surface area contributed by atoms with E-state index < -0.39 is 6.04 Å². The van der Waals surface area contributed by atoms with Crippen molar-refractivity contribution < 1.29 is 9.53 Å². The van der Waals surface area contributed by atoms with Crippen molar-refractivity contribution in [3.63, 3.8) is 0 Å². The van der Waals surface area contributed by atoms with Crippen LogP contribution in [0, 0.1) is 5.92 Å². The molecule has 5 heteroatoms. The fraction of sp³-hybridized carbons (Fsp3) is 0.562. The minimum Gasteiger partial charge on any atom is -0.381 e. The summed E-state index contributed by atoms with van der Waals surface area (Å²) in [6.07, 6.45) is 2.56. The summed E-state index contributed by atoms with van der Waals surface area (Å²) >= 11 is 6.21. The monoisotopic (exact) mass is 308 g/mol. The molecular weight excluding hydrogens is 288 g/mol. The van der Waals surface area contributed by atoms with Crippen LogP contribution in [0.5, 0.6) is 0 Å². The average molecular weight is 309 g/mol. The number of amides is 1. The van der Waals surface area contributed by atoms with E-state index in [4.69, 9.17) is 22.1 Å². The molecule has 1 fully saturated rings. The van der Waals surface area contributed by atoms with Gasteiger partial charge in [0.1, 0.15) is 0 Å². The van der Waals surface area contributed by atoms with Gasteiger partial charge in [-0.05, 0) is 42.4 Å². The first-order chi connectivity index (χ1) is 10.2. The van der Waals surface area contributed by atoms with Crippen molar-refractivity contribution in [1.82, 2.24) is 4.90 Å². The van der Waals surface area contributed by atoms with Gasteiger partial charge in [0, 0.05) is 31.3 Å².